The van der Waals surface area contributed by atoms with Crippen LogP contribution in [0, 0.1) is 17.8 Å². The summed E-state index contributed by atoms with van der Waals surface area (Å²) in [5.41, 5.74) is 0. The van der Waals surface area contributed by atoms with Crippen LogP contribution in [-0.4, -0.2) is 16.9 Å². The van der Waals surface area contributed by atoms with E-state index in [2.05, 4.69) is 0 Å². The van der Waals surface area contributed by atoms with Crippen LogP contribution in [0.25, 0.3) is 0 Å². The molecule has 0 aliphatic heterocycles. The molecule has 1 N–H and O–H groups in total. The zero-order valence-electron chi connectivity index (χ0n) is 6.12. The van der Waals surface area contributed by atoms with E-state index >= 15 is 0 Å². The lowest BCUT2D eigenvalue weighted by Crippen LogP contribution is -2.23. The van der Waals surface area contributed by atoms with Crippen LogP contribution in [0.3, 0.4) is 0 Å². The molecule has 3 nitrogen and oxygen atoms in total. The van der Waals surface area contributed by atoms with Crippen molar-refractivity contribution in [1.29, 1.82) is 0 Å². The van der Waals surface area contributed by atoms with Crippen LogP contribution in [0.5, 0.6) is 0 Å². The van der Waals surface area contributed by atoms with Crippen molar-refractivity contribution >= 4 is 11.8 Å². The Balaban J connectivity index is 2.14. The van der Waals surface area contributed by atoms with E-state index in [1.54, 1.807) is 0 Å². The summed E-state index contributed by atoms with van der Waals surface area (Å²) in [5, 5.41) is 8.71. The first-order valence-electron chi connectivity index (χ1n) is 3.94. The van der Waals surface area contributed by atoms with Crippen molar-refractivity contribution in [3.05, 3.63) is 0 Å². The fourth-order valence-corrected chi connectivity index (χ4v) is 2.34. The van der Waals surface area contributed by atoms with E-state index in [0.717, 1.165) is 6.42 Å². The summed E-state index contributed by atoms with van der Waals surface area (Å²) in [7, 11) is 0. The Labute approximate surface area is 64.4 Å². The zero-order chi connectivity index (χ0) is 8.01. The van der Waals surface area contributed by atoms with Crippen LogP contribution in [0.15, 0.2) is 0 Å². The number of ketones is 1. The Hall–Kier alpha value is -0.860. The Bertz CT molecular complexity index is 221. The van der Waals surface area contributed by atoms with E-state index in [-0.39, 0.29) is 23.5 Å². The Morgan fingerprint density at radius 3 is 2.55 bits per heavy atom. The number of carbonyl (C=O) groups is 2. The third-order valence-electron chi connectivity index (χ3n) is 2.93. The molecule has 0 aromatic carbocycles. The van der Waals surface area contributed by atoms with Crippen LogP contribution in [0.2, 0.25) is 0 Å². The highest BCUT2D eigenvalue weighted by molar-refractivity contribution is 5.87. The molecule has 0 heterocycles. The van der Waals surface area contributed by atoms with E-state index in [1.165, 1.54) is 0 Å². The van der Waals surface area contributed by atoms with Gasteiger partial charge in [0.25, 0.3) is 0 Å². The van der Waals surface area contributed by atoms with Crippen LogP contribution in [0.4, 0.5) is 0 Å². The zero-order valence-corrected chi connectivity index (χ0v) is 6.12. The molecule has 0 aromatic heterocycles. The van der Waals surface area contributed by atoms with E-state index in [0.29, 0.717) is 12.8 Å². The van der Waals surface area contributed by atoms with E-state index in [1.807, 2.05) is 0 Å². The van der Waals surface area contributed by atoms with Crippen LogP contribution in [0.1, 0.15) is 19.3 Å². The van der Waals surface area contributed by atoms with Gasteiger partial charge in [0.2, 0.25) is 0 Å². The molecule has 3 heteroatoms. The molecule has 2 fully saturated rings. The maximum absolute atomic E-state index is 11.0. The van der Waals surface area contributed by atoms with Crippen LogP contribution >= 0.6 is 0 Å². The molecule has 0 unspecified atom stereocenters. The van der Waals surface area contributed by atoms with Gasteiger partial charge in [-0.3, -0.25) is 9.59 Å². The van der Waals surface area contributed by atoms with Gasteiger partial charge in [0, 0.05) is 12.3 Å². The van der Waals surface area contributed by atoms with Gasteiger partial charge in [-0.2, -0.15) is 0 Å². The molecule has 0 radical (unpaired) electrons. The summed E-state index contributed by atoms with van der Waals surface area (Å²) in [6.07, 6.45) is 1.94. The molecule has 2 aliphatic carbocycles. The van der Waals surface area contributed by atoms with Crippen LogP contribution in [-0.2, 0) is 9.59 Å². The third kappa shape index (κ3) is 0.870. The average molecular weight is 154 g/mol. The van der Waals surface area contributed by atoms with E-state index in [9.17, 15) is 9.59 Å². The van der Waals surface area contributed by atoms with Crippen molar-refractivity contribution in [3.8, 4) is 0 Å². The van der Waals surface area contributed by atoms with Crippen molar-refractivity contribution in [3.63, 3.8) is 0 Å². The minimum atomic E-state index is -0.718. The number of aliphatic carboxylic acids is 1. The highest BCUT2D eigenvalue weighted by Gasteiger charge is 2.47. The lowest BCUT2D eigenvalue weighted by molar-refractivity contribution is -0.144. The minimum Gasteiger partial charge on any atom is -0.481 e. The second-order valence-corrected chi connectivity index (χ2v) is 3.54. The van der Waals surface area contributed by atoms with Gasteiger partial charge >= 0.3 is 5.97 Å². The standard InChI is InChI=1S/C8H10O3/c9-7-3-4-1-5(7)2-6(4)8(10)11/h4-6H,1-3H2,(H,10,11)/t4-,5-,6-/m1/s1. The highest BCUT2D eigenvalue weighted by atomic mass is 16.4. The molecule has 0 amide bonds. The highest BCUT2D eigenvalue weighted by Crippen LogP contribution is 2.46. The van der Waals surface area contributed by atoms with E-state index in [4.69, 9.17) is 5.11 Å². The lowest BCUT2D eigenvalue weighted by Gasteiger charge is -2.15. The van der Waals surface area contributed by atoms with Gasteiger partial charge < -0.3 is 5.11 Å². The number of hydrogen-bond acceptors (Lipinski definition) is 2. The van der Waals surface area contributed by atoms with Crippen molar-refractivity contribution in [2.24, 2.45) is 17.8 Å². The minimum absolute atomic E-state index is 0.0844. The summed E-state index contributed by atoms with van der Waals surface area (Å²) in [6.45, 7) is 0. The average Bonchev–Trinajstić information content (AvgIpc) is 2.43. The number of carboxylic acids is 1. The number of carbonyl (C=O) groups excluding carboxylic acids is 1. The van der Waals surface area contributed by atoms with Gasteiger partial charge in [0.15, 0.2) is 0 Å². The van der Waals surface area contributed by atoms with Crippen LogP contribution < -0.4 is 0 Å². The van der Waals surface area contributed by atoms with Gasteiger partial charge in [0.1, 0.15) is 5.78 Å². The van der Waals surface area contributed by atoms with Crippen molar-refractivity contribution in [2.75, 3.05) is 0 Å². The summed E-state index contributed by atoms with van der Waals surface area (Å²) >= 11 is 0. The topological polar surface area (TPSA) is 54.4 Å². The SMILES string of the molecule is O=C1C[C@H]2C[C@@H]1C[C@H]2C(=O)O. The van der Waals surface area contributed by atoms with Gasteiger partial charge in [-0.25, -0.2) is 0 Å². The van der Waals surface area contributed by atoms with Crippen molar-refractivity contribution in [1.82, 2.24) is 0 Å². The van der Waals surface area contributed by atoms with Gasteiger partial charge in [-0.1, -0.05) is 0 Å². The quantitative estimate of drug-likeness (QED) is 0.604. The monoisotopic (exact) mass is 154 g/mol. The maximum atomic E-state index is 11.0. The van der Waals surface area contributed by atoms with Gasteiger partial charge in [-0.05, 0) is 18.8 Å². The fraction of sp³-hybridized carbons (Fsp3) is 0.750. The fourth-order valence-electron chi connectivity index (χ4n) is 2.34. The van der Waals surface area contributed by atoms with Crippen molar-refractivity contribution < 1.29 is 14.7 Å². The number of carboxylic acid groups (broad SMARTS) is 1. The maximum Gasteiger partial charge on any atom is 0.306 e. The number of fused-ring (bicyclic) bond motifs is 2. The largest absolute Gasteiger partial charge is 0.481 e. The molecular formula is C8H10O3. The molecule has 11 heavy (non-hydrogen) atoms. The third-order valence-corrected chi connectivity index (χ3v) is 2.93. The van der Waals surface area contributed by atoms with E-state index < -0.39 is 5.97 Å². The van der Waals surface area contributed by atoms with Gasteiger partial charge in [-0.15, -0.1) is 0 Å². The Morgan fingerprint density at radius 2 is 2.18 bits per heavy atom. The molecule has 0 saturated heterocycles. The molecule has 2 bridgehead atoms. The first kappa shape index (κ1) is 6.83. The first-order valence-corrected chi connectivity index (χ1v) is 3.94. The van der Waals surface area contributed by atoms with Gasteiger partial charge in [0.05, 0.1) is 5.92 Å². The number of Topliss-reactive ketones (excluding diaryl/α,β-unsaturated/α-hetero) is 1. The predicted octanol–water partition coefficient (Wildman–Crippen LogP) is 0.686. The predicted molar refractivity (Wildman–Crippen MR) is 37.0 cm³/mol. The lowest BCUT2D eigenvalue weighted by atomic mass is 9.88. The second kappa shape index (κ2) is 2.06. The number of rotatable bonds is 1. The molecule has 2 aliphatic rings. The Morgan fingerprint density at radius 1 is 1.45 bits per heavy atom. The Kier molecular flexibility index (Phi) is 1.28. The summed E-state index contributed by atoms with van der Waals surface area (Å²) < 4.78 is 0. The number of hydrogen-bond donors (Lipinski definition) is 1. The summed E-state index contributed by atoms with van der Waals surface area (Å²) in [4.78, 5) is 21.6. The molecule has 2 rings (SSSR count). The first-order chi connectivity index (χ1) is 5.18. The molecule has 0 aromatic rings. The smallest absolute Gasteiger partial charge is 0.306 e. The second-order valence-electron chi connectivity index (χ2n) is 3.54. The molecule has 60 valence electrons. The molecule has 3 atom stereocenters. The molecular weight excluding hydrogens is 144 g/mol. The molecule has 2 saturated carbocycles. The normalized spacial score (nSPS) is 41.5. The van der Waals surface area contributed by atoms with Crippen molar-refractivity contribution in [2.45, 2.75) is 19.3 Å². The summed E-state index contributed by atoms with van der Waals surface area (Å²) in [5.74, 6) is -0.415. The summed E-state index contributed by atoms with van der Waals surface area (Å²) in [6, 6.07) is 0. The molecule has 0 spiro atoms.